The van der Waals surface area contributed by atoms with Crippen LogP contribution in [0, 0.1) is 0 Å². The Morgan fingerprint density at radius 3 is 1.30 bits per heavy atom. The Balaban J connectivity index is 2.16. The highest BCUT2D eigenvalue weighted by molar-refractivity contribution is 7.97. The van der Waals surface area contributed by atoms with Gasteiger partial charge in [-0.05, 0) is 62.1 Å². The highest BCUT2D eigenvalue weighted by atomic mass is 31.2. The predicted molar refractivity (Wildman–Crippen MR) is 117 cm³/mol. The minimum Gasteiger partial charge on any atom is -0.285 e. The summed E-state index contributed by atoms with van der Waals surface area (Å²) in [4.78, 5) is 13.3. The van der Waals surface area contributed by atoms with E-state index in [9.17, 15) is 18.0 Å². The van der Waals surface area contributed by atoms with Crippen molar-refractivity contribution in [3.8, 4) is 0 Å². The number of carbonyl (C=O) groups is 1. The third kappa shape index (κ3) is 3.18. The highest BCUT2D eigenvalue weighted by Crippen LogP contribution is 2.72. The lowest BCUT2D eigenvalue weighted by Crippen LogP contribution is -2.54. The van der Waals surface area contributed by atoms with Crippen molar-refractivity contribution < 1.29 is 18.0 Å². The number of rotatable bonds is 5. The molecule has 30 heavy (non-hydrogen) atoms. The Hall–Kier alpha value is -2.45. The van der Waals surface area contributed by atoms with Gasteiger partial charge in [0.05, 0.1) is 0 Å². The summed E-state index contributed by atoms with van der Waals surface area (Å²) in [6.07, 6.45) is -3.14. The van der Waals surface area contributed by atoms with Gasteiger partial charge in [0.2, 0.25) is 0 Å². The molecule has 4 rings (SSSR count). The second-order valence-corrected chi connectivity index (χ2v) is 11.5. The lowest BCUT2D eigenvalue weighted by molar-refractivity contribution is -0.173. The van der Waals surface area contributed by atoms with Crippen LogP contribution in [0.2, 0.25) is 0 Å². The number of carbonyl (C=O) groups excluding carboxylic acids is 1. The Kier molecular flexibility index (Phi) is 5.55. The van der Waals surface area contributed by atoms with Gasteiger partial charge in [-0.1, -0.05) is 54.6 Å². The lowest BCUT2D eigenvalue weighted by Gasteiger charge is -2.41. The van der Waals surface area contributed by atoms with Gasteiger partial charge in [-0.25, -0.2) is 0 Å². The van der Waals surface area contributed by atoms with E-state index < -0.39 is 24.4 Å². The SMILES string of the molecule is O=C(C(F)(F)F)C1([P+](c2ccccc2)(c2ccccc2)c2ccccc2)CCCC1. The lowest BCUT2D eigenvalue weighted by atomic mass is 10.0. The van der Waals surface area contributed by atoms with Crippen molar-refractivity contribution in [3.05, 3.63) is 91.0 Å². The molecule has 0 bridgehead atoms. The summed E-state index contributed by atoms with van der Waals surface area (Å²) >= 11 is 0. The zero-order valence-electron chi connectivity index (χ0n) is 16.5. The quantitative estimate of drug-likeness (QED) is 0.497. The van der Waals surface area contributed by atoms with E-state index in [-0.39, 0.29) is 12.8 Å². The summed E-state index contributed by atoms with van der Waals surface area (Å²) in [7, 11) is -2.95. The molecule has 1 fully saturated rings. The maximum atomic E-state index is 14.1. The summed E-state index contributed by atoms with van der Waals surface area (Å²) in [6, 6.07) is 28.1. The molecule has 0 aliphatic heterocycles. The zero-order chi connectivity index (χ0) is 21.2. The summed E-state index contributed by atoms with van der Waals surface area (Å²) in [5, 5.41) is 0.973. The van der Waals surface area contributed by atoms with Crippen LogP contribution in [-0.2, 0) is 4.79 Å². The predicted octanol–water partition coefficient (Wildman–Crippen LogP) is 5.42. The first-order valence-electron chi connectivity index (χ1n) is 10.1. The first-order chi connectivity index (χ1) is 14.4. The molecule has 0 saturated heterocycles. The molecule has 154 valence electrons. The van der Waals surface area contributed by atoms with Gasteiger partial charge in [0.15, 0.2) is 5.16 Å². The van der Waals surface area contributed by atoms with E-state index in [0.717, 1.165) is 15.9 Å². The Labute approximate surface area is 175 Å². The van der Waals surface area contributed by atoms with Gasteiger partial charge in [-0.2, -0.15) is 13.2 Å². The molecular formula is C25H23F3OP+. The Morgan fingerprint density at radius 2 is 1.00 bits per heavy atom. The Bertz CT molecular complexity index is 898. The molecule has 1 saturated carbocycles. The van der Waals surface area contributed by atoms with Crippen LogP contribution >= 0.6 is 7.26 Å². The first kappa shape index (κ1) is 20.8. The number of ketones is 1. The summed E-state index contributed by atoms with van der Waals surface area (Å²) in [5.74, 6) is -1.57. The molecular weight excluding hydrogens is 404 g/mol. The molecule has 3 aromatic carbocycles. The van der Waals surface area contributed by atoms with Crippen LogP contribution in [-0.4, -0.2) is 17.1 Å². The molecule has 0 heterocycles. The molecule has 0 amide bonds. The molecule has 0 aromatic heterocycles. The van der Waals surface area contributed by atoms with Crippen LogP contribution in [0.25, 0.3) is 0 Å². The van der Waals surface area contributed by atoms with Crippen LogP contribution in [0.5, 0.6) is 0 Å². The monoisotopic (exact) mass is 427 g/mol. The zero-order valence-corrected chi connectivity index (χ0v) is 17.4. The van der Waals surface area contributed by atoms with Gasteiger partial charge in [-0.3, -0.25) is 4.79 Å². The van der Waals surface area contributed by atoms with Crippen LogP contribution in [0.4, 0.5) is 13.2 Å². The van der Waals surface area contributed by atoms with Crippen molar-refractivity contribution in [1.29, 1.82) is 0 Å². The molecule has 5 heteroatoms. The number of halogens is 3. The summed E-state index contributed by atoms with van der Waals surface area (Å²) in [6.45, 7) is 0. The van der Waals surface area contributed by atoms with Gasteiger partial charge >= 0.3 is 6.18 Å². The number of hydrogen-bond acceptors (Lipinski definition) is 1. The fourth-order valence-electron chi connectivity index (χ4n) is 5.08. The highest BCUT2D eigenvalue weighted by Gasteiger charge is 2.71. The fraction of sp³-hybridized carbons (Fsp3) is 0.240. The molecule has 0 atom stereocenters. The van der Waals surface area contributed by atoms with Gasteiger partial charge in [0.1, 0.15) is 23.2 Å². The molecule has 0 spiro atoms. The molecule has 0 radical (unpaired) electrons. The molecule has 1 aliphatic carbocycles. The molecule has 1 nitrogen and oxygen atoms in total. The van der Waals surface area contributed by atoms with Gasteiger partial charge in [-0.15, -0.1) is 0 Å². The van der Waals surface area contributed by atoms with Crippen LogP contribution < -0.4 is 15.9 Å². The first-order valence-corrected chi connectivity index (χ1v) is 11.9. The van der Waals surface area contributed by atoms with E-state index in [4.69, 9.17) is 0 Å². The Morgan fingerprint density at radius 1 is 0.667 bits per heavy atom. The normalized spacial score (nSPS) is 16.4. The largest absolute Gasteiger partial charge is 0.454 e. The molecule has 0 N–H and O–H groups in total. The molecule has 1 aliphatic rings. The van der Waals surface area contributed by atoms with Gasteiger partial charge in [0.25, 0.3) is 5.78 Å². The van der Waals surface area contributed by atoms with Crippen molar-refractivity contribution in [2.45, 2.75) is 37.0 Å². The van der Waals surface area contributed by atoms with E-state index in [1.165, 1.54) is 0 Å². The number of hydrogen-bond donors (Lipinski definition) is 0. The summed E-state index contributed by atoms with van der Waals surface area (Å²) < 4.78 is 42.3. The molecule has 0 unspecified atom stereocenters. The number of alkyl halides is 3. The summed E-state index contributed by atoms with van der Waals surface area (Å²) in [5.41, 5.74) is 0. The van der Waals surface area contributed by atoms with Gasteiger partial charge in [0, 0.05) is 0 Å². The minimum atomic E-state index is -4.88. The topological polar surface area (TPSA) is 17.1 Å². The fourth-order valence-corrected chi connectivity index (χ4v) is 10.7. The number of Topliss-reactive ketones (excluding diaryl/α,β-unsaturated/α-hetero) is 1. The van der Waals surface area contributed by atoms with Crippen molar-refractivity contribution >= 4 is 29.0 Å². The second-order valence-electron chi connectivity index (χ2n) is 7.74. The van der Waals surface area contributed by atoms with Crippen LogP contribution in [0.15, 0.2) is 91.0 Å². The van der Waals surface area contributed by atoms with E-state index in [0.29, 0.717) is 12.8 Å². The average molecular weight is 427 g/mol. The second kappa shape index (κ2) is 8.00. The van der Waals surface area contributed by atoms with Crippen LogP contribution in [0.3, 0.4) is 0 Å². The smallest absolute Gasteiger partial charge is 0.285 e. The minimum absolute atomic E-state index is 0.248. The van der Waals surface area contributed by atoms with Crippen molar-refractivity contribution in [2.75, 3.05) is 0 Å². The third-order valence-corrected chi connectivity index (χ3v) is 11.3. The van der Waals surface area contributed by atoms with Crippen LogP contribution in [0.1, 0.15) is 25.7 Å². The van der Waals surface area contributed by atoms with E-state index >= 15 is 0 Å². The van der Waals surface area contributed by atoms with Crippen molar-refractivity contribution in [2.24, 2.45) is 0 Å². The standard InChI is InChI=1S/C25H23F3OP/c26-25(27,28)23(29)24(18-10-11-19-24)30(20-12-4-1-5-13-20,21-14-6-2-7-15-21)22-16-8-3-9-17-22/h1-9,12-17H,10-11,18-19H2/q+1. The van der Waals surface area contributed by atoms with Gasteiger partial charge < -0.3 is 0 Å². The number of benzene rings is 3. The average Bonchev–Trinajstić information content (AvgIpc) is 3.26. The van der Waals surface area contributed by atoms with Crippen molar-refractivity contribution in [3.63, 3.8) is 0 Å². The maximum Gasteiger partial charge on any atom is 0.454 e. The maximum absolute atomic E-state index is 14.1. The van der Waals surface area contributed by atoms with E-state index in [1.807, 2.05) is 91.0 Å². The molecule has 3 aromatic rings. The van der Waals surface area contributed by atoms with Crippen molar-refractivity contribution in [1.82, 2.24) is 0 Å². The van der Waals surface area contributed by atoms with E-state index in [1.54, 1.807) is 0 Å². The van der Waals surface area contributed by atoms with E-state index in [2.05, 4.69) is 0 Å². The third-order valence-electron chi connectivity index (χ3n) is 6.18.